The van der Waals surface area contributed by atoms with Crippen LogP contribution in [0, 0.1) is 27.7 Å². The van der Waals surface area contributed by atoms with Crippen molar-refractivity contribution in [3.8, 4) is 17.4 Å². The minimum atomic E-state index is -0.136. The molecule has 0 aliphatic carbocycles. The van der Waals surface area contributed by atoms with Gasteiger partial charge in [0, 0.05) is 21.8 Å². The minimum absolute atomic E-state index is 0.0822. The normalized spacial score (nSPS) is 15.1. The number of carbonyl (C=O) groups is 1. The molecule has 1 aliphatic rings. The van der Waals surface area contributed by atoms with E-state index in [-0.39, 0.29) is 18.5 Å². The number of nitrogens with zero attached hydrogens (tertiary/aromatic N) is 3. The molecule has 1 aromatic carbocycles. The molecule has 0 saturated carbocycles. The van der Waals surface area contributed by atoms with E-state index in [0.29, 0.717) is 24.6 Å². The van der Waals surface area contributed by atoms with E-state index in [9.17, 15) is 4.79 Å². The molecule has 1 unspecified atom stereocenters. The van der Waals surface area contributed by atoms with Crippen LogP contribution in [0.4, 0.5) is 0 Å². The maximum Gasteiger partial charge on any atom is 0.226 e. The maximum absolute atomic E-state index is 13.1. The third-order valence-corrected chi connectivity index (χ3v) is 7.21. The molecule has 1 atom stereocenters. The van der Waals surface area contributed by atoms with E-state index in [2.05, 4.69) is 14.5 Å². The minimum Gasteiger partial charge on any atom is -0.486 e. The van der Waals surface area contributed by atoms with Gasteiger partial charge in [0.2, 0.25) is 11.7 Å². The average Bonchev–Trinajstić information content (AvgIpc) is 3.27. The number of Topliss-reactive ketones (excluding diaryl/α,β-unsaturated/α-hetero) is 1. The lowest BCUT2D eigenvalue weighted by Crippen LogP contribution is -2.33. The lowest BCUT2D eigenvalue weighted by atomic mass is 10.1. The number of thiophene rings is 1. The second kappa shape index (κ2) is 8.51. The van der Waals surface area contributed by atoms with E-state index in [0.717, 1.165) is 38.7 Å². The van der Waals surface area contributed by atoms with Crippen molar-refractivity contribution in [2.45, 2.75) is 40.3 Å². The van der Waals surface area contributed by atoms with E-state index in [1.807, 2.05) is 58.0 Å². The quantitative estimate of drug-likeness (QED) is 0.381. The molecule has 1 aliphatic heterocycles. The lowest BCUT2D eigenvalue weighted by Gasteiger charge is -2.27. The summed E-state index contributed by atoms with van der Waals surface area (Å²) in [5.74, 6) is 1.88. The molecule has 33 heavy (non-hydrogen) atoms. The predicted octanol–water partition coefficient (Wildman–Crippen LogP) is 4.83. The fraction of sp³-hybridized carbons (Fsp3) is 0.320. The first-order valence-electron chi connectivity index (χ1n) is 10.8. The van der Waals surface area contributed by atoms with Crippen LogP contribution < -0.4 is 14.2 Å². The molecule has 0 bridgehead atoms. The van der Waals surface area contributed by atoms with Crippen LogP contribution in [0.1, 0.15) is 32.2 Å². The molecular weight excluding hydrogens is 438 g/mol. The fourth-order valence-electron chi connectivity index (χ4n) is 4.19. The van der Waals surface area contributed by atoms with Gasteiger partial charge >= 0.3 is 0 Å². The summed E-state index contributed by atoms with van der Waals surface area (Å²) in [6.45, 7) is 8.99. The van der Waals surface area contributed by atoms with Crippen molar-refractivity contribution >= 4 is 27.3 Å². The zero-order valence-electron chi connectivity index (χ0n) is 19.0. The number of hydrogen-bond donors (Lipinski definition) is 0. The summed E-state index contributed by atoms with van der Waals surface area (Å²) < 4.78 is 19.9. The molecule has 4 heterocycles. The predicted molar refractivity (Wildman–Crippen MR) is 127 cm³/mol. The van der Waals surface area contributed by atoms with Crippen molar-refractivity contribution in [2.75, 3.05) is 13.2 Å². The molecular formula is C25H25N3O4S. The number of benzene rings is 1. The van der Waals surface area contributed by atoms with Gasteiger partial charge in [-0.15, -0.1) is 11.3 Å². The first-order valence-corrected chi connectivity index (χ1v) is 11.7. The van der Waals surface area contributed by atoms with Crippen molar-refractivity contribution < 1.29 is 19.0 Å². The number of rotatable bonds is 6. The molecule has 8 heteroatoms. The Morgan fingerprint density at radius 2 is 1.97 bits per heavy atom. The van der Waals surface area contributed by atoms with Gasteiger partial charge in [0.05, 0.1) is 11.9 Å². The van der Waals surface area contributed by atoms with Crippen LogP contribution in [-0.4, -0.2) is 39.6 Å². The molecule has 7 nitrogen and oxygen atoms in total. The molecule has 0 radical (unpaired) electrons. The second-order valence-corrected chi connectivity index (χ2v) is 9.45. The molecule has 0 spiro atoms. The molecule has 3 aromatic heterocycles. The van der Waals surface area contributed by atoms with Crippen LogP contribution in [0.15, 0.2) is 36.7 Å². The maximum atomic E-state index is 13.1. The third-order valence-electron chi connectivity index (χ3n) is 6.10. The van der Waals surface area contributed by atoms with Crippen molar-refractivity contribution in [3.05, 3.63) is 64.1 Å². The first-order chi connectivity index (χ1) is 15.9. The summed E-state index contributed by atoms with van der Waals surface area (Å²) >= 11 is 1.60. The summed E-state index contributed by atoms with van der Waals surface area (Å²) in [6.07, 6.45) is 1.34. The molecule has 5 rings (SSSR count). The highest BCUT2D eigenvalue weighted by Crippen LogP contribution is 2.34. The van der Waals surface area contributed by atoms with Crippen molar-refractivity contribution in [3.63, 3.8) is 0 Å². The number of aromatic nitrogens is 3. The number of aryl methyl sites for hydroxylation is 3. The Hall–Kier alpha value is -3.39. The van der Waals surface area contributed by atoms with Crippen LogP contribution in [0.5, 0.6) is 17.4 Å². The SMILES string of the molecule is Cc1sc2ncnc(OCC(=O)c3cc(C)n(CC4COc5ccccc5O4)c3C)c2c1C. The standard InChI is InChI=1S/C25H25N3O4S/c1-14-9-19(16(3)28(14)10-18-11-30-21-7-5-6-8-22(21)32-18)20(29)12-31-24-23-15(2)17(4)33-25(23)27-13-26-24/h5-9,13,18H,10-12H2,1-4H3. The molecule has 0 saturated heterocycles. The highest BCUT2D eigenvalue weighted by molar-refractivity contribution is 7.18. The number of ether oxygens (including phenoxy) is 3. The molecule has 0 N–H and O–H groups in total. The summed E-state index contributed by atoms with van der Waals surface area (Å²) in [5, 5.41) is 0.882. The number of carbonyl (C=O) groups excluding carboxylic acids is 1. The number of para-hydroxylation sites is 2. The summed E-state index contributed by atoms with van der Waals surface area (Å²) in [4.78, 5) is 23.7. The summed E-state index contributed by atoms with van der Waals surface area (Å²) in [6, 6.07) is 9.57. The van der Waals surface area contributed by atoms with Gasteiger partial charge in [0.1, 0.15) is 17.8 Å². The summed E-state index contributed by atoms with van der Waals surface area (Å²) in [7, 11) is 0. The molecule has 4 aromatic rings. The Kier molecular flexibility index (Phi) is 5.54. The Balaban J connectivity index is 1.31. The highest BCUT2D eigenvalue weighted by atomic mass is 32.1. The van der Waals surface area contributed by atoms with Gasteiger partial charge < -0.3 is 18.8 Å². The highest BCUT2D eigenvalue weighted by Gasteiger charge is 2.24. The van der Waals surface area contributed by atoms with Gasteiger partial charge in [-0.25, -0.2) is 9.97 Å². The first kappa shape index (κ1) is 21.5. The number of fused-ring (bicyclic) bond motifs is 2. The van der Waals surface area contributed by atoms with Gasteiger partial charge in [0.15, 0.2) is 24.2 Å². The van der Waals surface area contributed by atoms with E-state index >= 15 is 0 Å². The van der Waals surface area contributed by atoms with Crippen LogP contribution in [-0.2, 0) is 6.54 Å². The van der Waals surface area contributed by atoms with Crippen LogP contribution in [0.3, 0.4) is 0 Å². The van der Waals surface area contributed by atoms with Gasteiger partial charge in [-0.3, -0.25) is 4.79 Å². The molecule has 0 fully saturated rings. The van der Waals surface area contributed by atoms with E-state index in [1.54, 1.807) is 11.3 Å². The summed E-state index contributed by atoms with van der Waals surface area (Å²) in [5.41, 5.74) is 3.62. The third kappa shape index (κ3) is 3.95. The Morgan fingerprint density at radius 3 is 2.79 bits per heavy atom. The smallest absolute Gasteiger partial charge is 0.226 e. The Morgan fingerprint density at radius 1 is 1.18 bits per heavy atom. The zero-order chi connectivity index (χ0) is 23.1. The van der Waals surface area contributed by atoms with E-state index in [4.69, 9.17) is 14.2 Å². The lowest BCUT2D eigenvalue weighted by molar-refractivity contribution is 0.0777. The van der Waals surface area contributed by atoms with Crippen molar-refractivity contribution in [1.82, 2.24) is 14.5 Å². The van der Waals surface area contributed by atoms with Crippen LogP contribution in [0.2, 0.25) is 0 Å². The Bertz CT molecular complexity index is 1360. The number of ketones is 1. The zero-order valence-corrected chi connectivity index (χ0v) is 19.9. The second-order valence-electron chi connectivity index (χ2n) is 8.25. The van der Waals surface area contributed by atoms with Gasteiger partial charge in [-0.2, -0.15) is 0 Å². The molecule has 0 amide bonds. The largest absolute Gasteiger partial charge is 0.486 e. The van der Waals surface area contributed by atoms with E-state index < -0.39 is 0 Å². The van der Waals surface area contributed by atoms with E-state index in [1.165, 1.54) is 11.2 Å². The van der Waals surface area contributed by atoms with Crippen LogP contribution in [0.25, 0.3) is 10.2 Å². The van der Waals surface area contributed by atoms with Crippen molar-refractivity contribution in [1.29, 1.82) is 0 Å². The van der Waals surface area contributed by atoms with Crippen molar-refractivity contribution in [2.24, 2.45) is 0 Å². The van der Waals surface area contributed by atoms with Gasteiger partial charge in [-0.1, -0.05) is 12.1 Å². The Labute approximate surface area is 196 Å². The van der Waals surface area contributed by atoms with Gasteiger partial charge in [0.25, 0.3) is 0 Å². The monoisotopic (exact) mass is 463 g/mol. The fourth-order valence-corrected chi connectivity index (χ4v) is 5.18. The average molecular weight is 464 g/mol. The van der Waals surface area contributed by atoms with Crippen LogP contribution >= 0.6 is 11.3 Å². The topological polar surface area (TPSA) is 75.5 Å². The molecule has 170 valence electrons. The number of hydrogen-bond acceptors (Lipinski definition) is 7. The van der Waals surface area contributed by atoms with Gasteiger partial charge in [-0.05, 0) is 51.5 Å².